The molecule has 1 N–H and O–H groups in total. The molecule has 0 aromatic carbocycles. The summed E-state index contributed by atoms with van der Waals surface area (Å²) in [7, 11) is 0. The Morgan fingerprint density at radius 1 is 1.20 bits per heavy atom. The number of imidazole rings is 1. The van der Waals surface area contributed by atoms with Gasteiger partial charge < -0.3 is 9.88 Å². The molecule has 1 aromatic rings. The summed E-state index contributed by atoms with van der Waals surface area (Å²) in [5, 5.41) is 3.47. The molecule has 4 heterocycles. The molecule has 4 heteroatoms. The Bertz CT molecular complexity index is 505. The van der Waals surface area contributed by atoms with Crippen molar-refractivity contribution in [3.05, 3.63) is 17.2 Å². The molecule has 4 nitrogen and oxygen atoms in total. The average molecular weight is 274 g/mol. The Morgan fingerprint density at radius 3 is 2.95 bits per heavy atom. The molecule has 2 unspecified atom stereocenters. The minimum atomic E-state index is 0.524. The highest BCUT2D eigenvalue weighted by molar-refractivity contribution is 5.24. The van der Waals surface area contributed by atoms with Crippen molar-refractivity contribution in [1.29, 1.82) is 0 Å². The van der Waals surface area contributed by atoms with E-state index < -0.39 is 0 Å². The van der Waals surface area contributed by atoms with E-state index in [0.717, 1.165) is 25.6 Å². The van der Waals surface area contributed by atoms with Gasteiger partial charge in [-0.1, -0.05) is 13.8 Å². The van der Waals surface area contributed by atoms with Gasteiger partial charge in [0.15, 0.2) is 0 Å². The zero-order chi connectivity index (χ0) is 13.7. The van der Waals surface area contributed by atoms with E-state index in [1.807, 2.05) is 0 Å². The van der Waals surface area contributed by atoms with Gasteiger partial charge >= 0.3 is 0 Å². The van der Waals surface area contributed by atoms with Gasteiger partial charge in [-0.15, -0.1) is 0 Å². The van der Waals surface area contributed by atoms with E-state index in [4.69, 9.17) is 4.98 Å². The van der Waals surface area contributed by atoms with Crippen LogP contribution in [0.4, 0.5) is 0 Å². The van der Waals surface area contributed by atoms with E-state index in [0.29, 0.717) is 12.0 Å². The molecule has 2 saturated heterocycles. The molecule has 3 aliphatic heterocycles. The van der Waals surface area contributed by atoms with Crippen LogP contribution < -0.4 is 5.32 Å². The maximum atomic E-state index is 4.99. The van der Waals surface area contributed by atoms with Crippen molar-refractivity contribution >= 4 is 0 Å². The zero-order valence-corrected chi connectivity index (χ0v) is 12.7. The molecule has 0 bridgehead atoms. The fourth-order valence-electron chi connectivity index (χ4n) is 4.49. The fourth-order valence-corrected chi connectivity index (χ4v) is 4.49. The molecular formula is C16H26N4. The van der Waals surface area contributed by atoms with Crippen LogP contribution in [0.25, 0.3) is 0 Å². The monoisotopic (exact) mass is 274 g/mol. The van der Waals surface area contributed by atoms with Crippen LogP contribution in [0.15, 0.2) is 0 Å². The van der Waals surface area contributed by atoms with E-state index in [1.165, 1.54) is 49.6 Å². The predicted molar refractivity (Wildman–Crippen MR) is 80.0 cm³/mol. The first-order chi connectivity index (χ1) is 9.75. The highest BCUT2D eigenvalue weighted by atomic mass is 15.3. The molecule has 2 fully saturated rings. The molecule has 2 atom stereocenters. The summed E-state index contributed by atoms with van der Waals surface area (Å²) in [6, 6.07) is 1.46. The third-order valence-electron chi connectivity index (χ3n) is 5.37. The van der Waals surface area contributed by atoms with Crippen molar-refractivity contribution in [3.8, 4) is 0 Å². The minimum absolute atomic E-state index is 0.524. The lowest BCUT2D eigenvalue weighted by Crippen LogP contribution is -2.31. The first-order valence-corrected chi connectivity index (χ1v) is 8.30. The zero-order valence-electron chi connectivity index (χ0n) is 12.7. The van der Waals surface area contributed by atoms with Crippen LogP contribution in [0.5, 0.6) is 0 Å². The maximum Gasteiger partial charge on any atom is 0.112 e. The number of nitrogens with one attached hydrogen (secondary N) is 1. The van der Waals surface area contributed by atoms with Crippen molar-refractivity contribution in [1.82, 2.24) is 19.8 Å². The molecule has 3 aliphatic rings. The molecular weight excluding hydrogens is 248 g/mol. The maximum absolute atomic E-state index is 4.99. The van der Waals surface area contributed by atoms with Crippen LogP contribution in [-0.2, 0) is 13.0 Å². The standard InChI is InChI=1S/C16H26N4/c1-11(2)16-18-12-10-17-7-5-13(12)20(16)15-6-9-19-8-3-4-14(15)19/h11,14-15,17H,3-10H2,1-2H3. The quantitative estimate of drug-likeness (QED) is 0.896. The van der Waals surface area contributed by atoms with Gasteiger partial charge in [0.25, 0.3) is 0 Å². The highest BCUT2D eigenvalue weighted by Crippen LogP contribution is 2.39. The van der Waals surface area contributed by atoms with E-state index >= 15 is 0 Å². The number of nitrogens with zero attached hydrogens (tertiary/aromatic N) is 3. The number of hydrogen-bond acceptors (Lipinski definition) is 3. The normalized spacial score (nSPS) is 29.9. The molecule has 4 rings (SSSR count). The molecule has 0 spiro atoms. The second-order valence-corrected chi connectivity index (χ2v) is 6.92. The van der Waals surface area contributed by atoms with Crippen molar-refractivity contribution in [2.45, 2.75) is 64.1 Å². The first kappa shape index (κ1) is 12.8. The molecule has 0 radical (unpaired) electrons. The predicted octanol–water partition coefficient (Wildman–Crippen LogP) is 2.06. The minimum Gasteiger partial charge on any atom is -0.327 e. The van der Waals surface area contributed by atoms with Gasteiger partial charge in [-0.3, -0.25) is 4.90 Å². The van der Waals surface area contributed by atoms with Gasteiger partial charge in [-0.05, 0) is 25.8 Å². The smallest absolute Gasteiger partial charge is 0.112 e. The second kappa shape index (κ2) is 4.85. The largest absolute Gasteiger partial charge is 0.327 e. The third kappa shape index (κ3) is 1.85. The van der Waals surface area contributed by atoms with Crippen LogP contribution in [0.3, 0.4) is 0 Å². The molecule has 0 amide bonds. The summed E-state index contributed by atoms with van der Waals surface area (Å²) in [5.74, 6) is 1.86. The highest BCUT2D eigenvalue weighted by Gasteiger charge is 2.40. The molecule has 1 aromatic heterocycles. The van der Waals surface area contributed by atoms with Crippen molar-refractivity contribution in [2.24, 2.45) is 0 Å². The second-order valence-electron chi connectivity index (χ2n) is 6.92. The lowest BCUT2D eigenvalue weighted by Gasteiger charge is -2.27. The van der Waals surface area contributed by atoms with E-state index in [2.05, 4.69) is 28.6 Å². The number of rotatable bonds is 2. The van der Waals surface area contributed by atoms with Crippen LogP contribution >= 0.6 is 0 Å². The molecule has 0 aliphatic carbocycles. The summed E-state index contributed by atoms with van der Waals surface area (Å²) in [4.78, 5) is 7.70. The summed E-state index contributed by atoms with van der Waals surface area (Å²) >= 11 is 0. The number of hydrogen-bond donors (Lipinski definition) is 1. The van der Waals surface area contributed by atoms with Crippen molar-refractivity contribution in [2.75, 3.05) is 19.6 Å². The Labute approximate surface area is 121 Å². The summed E-state index contributed by atoms with van der Waals surface area (Å²) in [6.07, 6.45) is 5.24. The number of aromatic nitrogens is 2. The lowest BCUT2D eigenvalue weighted by atomic mass is 10.0. The van der Waals surface area contributed by atoms with Crippen LogP contribution in [0.2, 0.25) is 0 Å². The van der Waals surface area contributed by atoms with Crippen LogP contribution in [0.1, 0.15) is 62.3 Å². The summed E-state index contributed by atoms with van der Waals surface area (Å²) in [6.45, 7) is 9.26. The van der Waals surface area contributed by atoms with Crippen molar-refractivity contribution < 1.29 is 0 Å². The van der Waals surface area contributed by atoms with E-state index in [1.54, 1.807) is 0 Å². The molecule has 20 heavy (non-hydrogen) atoms. The molecule has 0 saturated carbocycles. The molecule has 110 valence electrons. The summed E-state index contributed by atoms with van der Waals surface area (Å²) < 4.78 is 2.66. The SMILES string of the molecule is CC(C)c1nc2c(n1C1CCN3CCCC13)CCNC2. The van der Waals surface area contributed by atoms with Gasteiger partial charge in [-0.2, -0.15) is 0 Å². The van der Waals surface area contributed by atoms with E-state index in [9.17, 15) is 0 Å². The van der Waals surface area contributed by atoms with Gasteiger partial charge in [0, 0.05) is 43.7 Å². The van der Waals surface area contributed by atoms with Gasteiger partial charge in [0.2, 0.25) is 0 Å². The Kier molecular flexibility index (Phi) is 3.11. The Hall–Kier alpha value is -0.870. The Morgan fingerprint density at radius 2 is 2.10 bits per heavy atom. The van der Waals surface area contributed by atoms with Crippen molar-refractivity contribution in [3.63, 3.8) is 0 Å². The fraction of sp³-hybridized carbons (Fsp3) is 0.812. The topological polar surface area (TPSA) is 33.1 Å². The van der Waals surface area contributed by atoms with Gasteiger partial charge in [-0.25, -0.2) is 4.98 Å². The average Bonchev–Trinajstić information content (AvgIpc) is 3.10. The third-order valence-corrected chi connectivity index (χ3v) is 5.37. The lowest BCUT2D eigenvalue weighted by molar-refractivity contribution is 0.284. The van der Waals surface area contributed by atoms with Crippen LogP contribution in [-0.4, -0.2) is 40.1 Å². The summed E-state index contributed by atoms with van der Waals surface area (Å²) in [5.41, 5.74) is 2.85. The van der Waals surface area contributed by atoms with E-state index in [-0.39, 0.29) is 0 Å². The Balaban J connectivity index is 1.77. The number of fused-ring (bicyclic) bond motifs is 2. The van der Waals surface area contributed by atoms with Crippen LogP contribution in [0, 0.1) is 0 Å². The first-order valence-electron chi connectivity index (χ1n) is 8.30. The van der Waals surface area contributed by atoms with Gasteiger partial charge in [0.1, 0.15) is 5.82 Å². The van der Waals surface area contributed by atoms with Gasteiger partial charge in [0.05, 0.1) is 11.7 Å².